The van der Waals surface area contributed by atoms with E-state index in [0.717, 1.165) is 30.7 Å². The van der Waals surface area contributed by atoms with Crippen molar-refractivity contribution in [3.8, 4) is 5.75 Å². The second-order valence-electron chi connectivity index (χ2n) is 6.02. The SMILES string of the molecule is COc1c(/C=C/CCCN)cc(C)cc1C(C)(C)C. The van der Waals surface area contributed by atoms with Crippen molar-refractivity contribution in [3.05, 3.63) is 34.9 Å². The molecule has 0 spiro atoms. The topological polar surface area (TPSA) is 35.2 Å². The number of unbranched alkanes of at least 4 members (excludes halogenated alkanes) is 1. The minimum Gasteiger partial charge on any atom is -0.496 e. The monoisotopic (exact) mass is 261 g/mol. The van der Waals surface area contributed by atoms with Crippen LogP contribution in [0.2, 0.25) is 0 Å². The van der Waals surface area contributed by atoms with E-state index in [1.54, 1.807) is 7.11 Å². The first-order chi connectivity index (χ1) is 8.90. The van der Waals surface area contributed by atoms with Gasteiger partial charge >= 0.3 is 0 Å². The van der Waals surface area contributed by atoms with Crippen molar-refractivity contribution in [1.29, 1.82) is 0 Å². The summed E-state index contributed by atoms with van der Waals surface area (Å²) in [6.45, 7) is 9.51. The predicted octanol–water partition coefficient (Wildman–Crippen LogP) is 4.05. The molecular weight excluding hydrogens is 234 g/mol. The molecule has 0 fully saturated rings. The predicted molar refractivity (Wildman–Crippen MR) is 83.8 cm³/mol. The molecule has 0 unspecified atom stereocenters. The Balaban J connectivity index is 3.16. The molecule has 0 saturated heterocycles. The van der Waals surface area contributed by atoms with Crippen molar-refractivity contribution in [2.24, 2.45) is 5.73 Å². The molecule has 0 aliphatic rings. The van der Waals surface area contributed by atoms with Gasteiger partial charge in [0.15, 0.2) is 0 Å². The molecule has 1 aromatic carbocycles. The number of ether oxygens (including phenoxy) is 1. The first-order valence-electron chi connectivity index (χ1n) is 6.96. The van der Waals surface area contributed by atoms with Gasteiger partial charge in [-0.2, -0.15) is 0 Å². The van der Waals surface area contributed by atoms with Gasteiger partial charge in [-0.25, -0.2) is 0 Å². The molecule has 2 N–H and O–H groups in total. The minimum absolute atomic E-state index is 0.0806. The zero-order chi connectivity index (χ0) is 14.5. The molecule has 0 aromatic heterocycles. The fourth-order valence-electron chi connectivity index (χ4n) is 2.16. The zero-order valence-corrected chi connectivity index (χ0v) is 12.9. The molecule has 0 bridgehead atoms. The molecule has 0 atom stereocenters. The lowest BCUT2D eigenvalue weighted by molar-refractivity contribution is 0.396. The Bertz CT molecular complexity index is 441. The Morgan fingerprint density at radius 2 is 1.95 bits per heavy atom. The second kappa shape index (κ2) is 6.76. The van der Waals surface area contributed by atoms with E-state index in [1.807, 2.05) is 0 Å². The molecule has 19 heavy (non-hydrogen) atoms. The Morgan fingerprint density at radius 3 is 2.47 bits per heavy atom. The number of rotatable bonds is 5. The van der Waals surface area contributed by atoms with Gasteiger partial charge in [-0.15, -0.1) is 0 Å². The molecular formula is C17H27NO. The Morgan fingerprint density at radius 1 is 1.26 bits per heavy atom. The third-order valence-corrected chi connectivity index (χ3v) is 3.15. The average Bonchev–Trinajstić information content (AvgIpc) is 2.33. The third kappa shape index (κ3) is 4.39. The molecule has 0 amide bonds. The highest BCUT2D eigenvalue weighted by Gasteiger charge is 2.20. The Kier molecular flexibility index (Phi) is 5.61. The van der Waals surface area contributed by atoms with Crippen molar-refractivity contribution in [1.82, 2.24) is 0 Å². The standard InChI is InChI=1S/C17H27NO/c1-13-11-14(9-7-6-8-10-18)16(19-5)15(12-13)17(2,3)4/h7,9,11-12H,6,8,10,18H2,1-5H3/b9-7+. The number of benzene rings is 1. The maximum Gasteiger partial charge on any atom is 0.129 e. The third-order valence-electron chi connectivity index (χ3n) is 3.15. The summed E-state index contributed by atoms with van der Waals surface area (Å²) in [6.07, 6.45) is 6.36. The first kappa shape index (κ1) is 15.8. The summed E-state index contributed by atoms with van der Waals surface area (Å²) >= 11 is 0. The molecule has 106 valence electrons. The van der Waals surface area contributed by atoms with Crippen LogP contribution >= 0.6 is 0 Å². The summed E-state index contributed by atoms with van der Waals surface area (Å²) in [5.41, 5.74) is 9.27. The van der Waals surface area contributed by atoms with Gasteiger partial charge in [-0.05, 0) is 43.4 Å². The molecule has 0 saturated carbocycles. The summed E-state index contributed by atoms with van der Waals surface area (Å²) in [7, 11) is 1.75. The van der Waals surface area contributed by atoms with Crippen LogP contribution in [0, 0.1) is 6.92 Å². The molecule has 0 aliphatic heterocycles. The van der Waals surface area contributed by atoms with Gasteiger partial charge in [-0.3, -0.25) is 0 Å². The van der Waals surface area contributed by atoms with Crippen molar-refractivity contribution in [2.75, 3.05) is 13.7 Å². The van der Waals surface area contributed by atoms with E-state index in [4.69, 9.17) is 10.5 Å². The quantitative estimate of drug-likeness (QED) is 0.811. The number of allylic oxidation sites excluding steroid dienone is 1. The van der Waals surface area contributed by atoms with E-state index in [0.29, 0.717) is 0 Å². The van der Waals surface area contributed by atoms with Crippen LogP contribution in [0.15, 0.2) is 18.2 Å². The highest BCUT2D eigenvalue weighted by molar-refractivity contribution is 5.62. The van der Waals surface area contributed by atoms with Crippen LogP contribution in [-0.4, -0.2) is 13.7 Å². The van der Waals surface area contributed by atoms with Crippen LogP contribution in [0.5, 0.6) is 5.75 Å². The number of hydrogen-bond acceptors (Lipinski definition) is 2. The molecule has 0 heterocycles. The van der Waals surface area contributed by atoms with Crippen LogP contribution < -0.4 is 10.5 Å². The first-order valence-corrected chi connectivity index (χ1v) is 6.96. The number of aryl methyl sites for hydroxylation is 1. The average molecular weight is 261 g/mol. The van der Waals surface area contributed by atoms with Gasteiger partial charge in [-0.1, -0.05) is 39.0 Å². The van der Waals surface area contributed by atoms with Crippen molar-refractivity contribution in [3.63, 3.8) is 0 Å². The van der Waals surface area contributed by atoms with Gasteiger partial charge in [0, 0.05) is 11.1 Å². The summed E-state index contributed by atoms with van der Waals surface area (Å²) in [5.74, 6) is 0.988. The maximum atomic E-state index is 5.64. The summed E-state index contributed by atoms with van der Waals surface area (Å²) in [6, 6.07) is 4.39. The van der Waals surface area contributed by atoms with E-state index < -0.39 is 0 Å². The Labute approximate surface area is 117 Å². The Hall–Kier alpha value is -1.28. The molecule has 2 nitrogen and oxygen atoms in total. The molecule has 1 aromatic rings. The number of hydrogen-bond donors (Lipinski definition) is 1. The molecule has 0 radical (unpaired) electrons. The lowest BCUT2D eigenvalue weighted by Crippen LogP contribution is -2.13. The molecule has 2 heteroatoms. The lowest BCUT2D eigenvalue weighted by atomic mass is 9.84. The number of nitrogens with two attached hydrogens (primary N) is 1. The minimum atomic E-state index is 0.0806. The van der Waals surface area contributed by atoms with Gasteiger partial charge in [0.25, 0.3) is 0 Å². The second-order valence-corrected chi connectivity index (χ2v) is 6.02. The van der Waals surface area contributed by atoms with Crippen LogP contribution in [0.1, 0.15) is 50.3 Å². The fourth-order valence-corrected chi connectivity index (χ4v) is 2.16. The number of methoxy groups -OCH3 is 1. The van der Waals surface area contributed by atoms with Gasteiger partial charge in [0.1, 0.15) is 5.75 Å². The largest absolute Gasteiger partial charge is 0.496 e. The van der Waals surface area contributed by atoms with E-state index in [-0.39, 0.29) is 5.41 Å². The summed E-state index contributed by atoms with van der Waals surface area (Å²) < 4.78 is 5.64. The smallest absolute Gasteiger partial charge is 0.129 e. The van der Waals surface area contributed by atoms with Gasteiger partial charge < -0.3 is 10.5 Å². The molecule has 0 aliphatic carbocycles. The highest BCUT2D eigenvalue weighted by atomic mass is 16.5. The highest BCUT2D eigenvalue weighted by Crippen LogP contribution is 2.35. The zero-order valence-electron chi connectivity index (χ0n) is 12.9. The maximum absolute atomic E-state index is 5.64. The van der Waals surface area contributed by atoms with Gasteiger partial charge in [0.2, 0.25) is 0 Å². The van der Waals surface area contributed by atoms with Crippen molar-refractivity contribution < 1.29 is 4.74 Å². The van der Waals surface area contributed by atoms with Crippen LogP contribution in [0.3, 0.4) is 0 Å². The molecule has 1 rings (SSSR count). The summed E-state index contributed by atoms with van der Waals surface area (Å²) in [5, 5.41) is 0. The fraction of sp³-hybridized carbons (Fsp3) is 0.529. The van der Waals surface area contributed by atoms with Crippen molar-refractivity contribution in [2.45, 2.75) is 46.0 Å². The van der Waals surface area contributed by atoms with Crippen LogP contribution in [0.25, 0.3) is 6.08 Å². The van der Waals surface area contributed by atoms with E-state index in [1.165, 1.54) is 11.1 Å². The summed E-state index contributed by atoms with van der Waals surface area (Å²) in [4.78, 5) is 0. The van der Waals surface area contributed by atoms with Crippen molar-refractivity contribution >= 4 is 6.08 Å². The van der Waals surface area contributed by atoms with E-state index in [2.05, 4.69) is 52.0 Å². The van der Waals surface area contributed by atoms with E-state index in [9.17, 15) is 0 Å². The normalized spacial score (nSPS) is 12.1. The van der Waals surface area contributed by atoms with Gasteiger partial charge in [0.05, 0.1) is 7.11 Å². The lowest BCUT2D eigenvalue weighted by Gasteiger charge is -2.24. The van der Waals surface area contributed by atoms with Crippen LogP contribution in [0.4, 0.5) is 0 Å². The van der Waals surface area contributed by atoms with Crippen LogP contribution in [-0.2, 0) is 5.41 Å². The van der Waals surface area contributed by atoms with E-state index >= 15 is 0 Å².